The van der Waals surface area contributed by atoms with Gasteiger partial charge in [-0.1, -0.05) is 66.7 Å². The van der Waals surface area contributed by atoms with Crippen LogP contribution < -0.4 is 0 Å². The molecule has 0 radical (unpaired) electrons. The highest BCUT2D eigenvalue weighted by atomic mass is 16.1. The quantitative estimate of drug-likeness (QED) is 0.574. The standard InChI is InChI=1S/C25H23NO/c1-2-22(23-14-8-9-17-26-23)25(18-19-10-4-3-5-11-19)16-15-20-12-6-7-13-21(20)24(25)27/h2-14,17,22H,1,15-16,18H2/t22-,25-/m1/s1. The number of benzene rings is 2. The average molecular weight is 353 g/mol. The van der Waals surface area contributed by atoms with Gasteiger partial charge < -0.3 is 0 Å². The van der Waals surface area contributed by atoms with Crippen molar-refractivity contribution in [2.75, 3.05) is 0 Å². The number of hydrogen-bond donors (Lipinski definition) is 0. The van der Waals surface area contributed by atoms with Crippen molar-refractivity contribution >= 4 is 5.78 Å². The fourth-order valence-corrected chi connectivity index (χ4v) is 4.42. The van der Waals surface area contributed by atoms with Crippen molar-refractivity contribution in [3.05, 3.63) is 114 Å². The number of carbonyl (C=O) groups is 1. The molecule has 134 valence electrons. The minimum atomic E-state index is -0.564. The topological polar surface area (TPSA) is 30.0 Å². The van der Waals surface area contributed by atoms with Crippen LogP contribution in [0.1, 0.15) is 39.5 Å². The van der Waals surface area contributed by atoms with Gasteiger partial charge in [0.2, 0.25) is 0 Å². The van der Waals surface area contributed by atoms with Crippen LogP contribution in [0.25, 0.3) is 0 Å². The molecule has 0 saturated carbocycles. The molecular weight excluding hydrogens is 330 g/mol. The lowest BCUT2D eigenvalue weighted by Crippen LogP contribution is -2.42. The number of nitrogens with zero attached hydrogens (tertiary/aromatic N) is 1. The maximum absolute atomic E-state index is 13.8. The van der Waals surface area contributed by atoms with Gasteiger partial charge >= 0.3 is 0 Å². The van der Waals surface area contributed by atoms with Crippen molar-refractivity contribution in [3.63, 3.8) is 0 Å². The lowest BCUT2D eigenvalue weighted by Gasteiger charge is -2.41. The number of carbonyl (C=O) groups excluding carboxylic acids is 1. The van der Waals surface area contributed by atoms with Gasteiger partial charge in [-0.05, 0) is 42.5 Å². The molecule has 2 aromatic carbocycles. The molecule has 0 spiro atoms. The SMILES string of the molecule is C=C[C@H](c1ccccn1)[C@]1(Cc2ccccc2)CCc2ccccc2C1=O. The summed E-state index contributed by atoms with van der Waals surface area (Å²) in [5, 5.41) is 0. The summed E-state index contributed by atoms with van der Waals surface area (Å²) in [5.74, 6) is 0.0866. The highest BCUT2D eigenvalue weighted by Crippen LogP contribution is 2.48. The molecule has 0 bridgehead atoms. The van der Waals surface area contributed by atoms with Gasteiger partial charge in [0.1, 0.15) is 0 Å². The zero-order valence-electron chi connectivity index (χ0n) is 15.3. The van der Waals surface area contributed by atoms with E-state index >= 15 is 0 Å². The summed E-state index contributed by atoms with van der Waals surface area (Å²) in [6.45, 7) is 4.10. The summed E-state index contributed by atoms with van der Waals surface area (Å²) in [4.78, 5) is 18.4. The van der Waals surface area contributed by atoms with Gasteiger partial charge in [0.05, 0.1) is 0 Å². The Balaban J connectivity index is 1.86. The van der Waals surface area contributed by atoms with E-state index in [9.17, 15) is 4.79 Å². The van der Waals surface area contributed by atoms with E-state index in [0.29, 0.717) is 6.42 Å². The Morgan fingerprint density at radius 2 is 1.74 bits per heavy atom. The molecule has 3 aromatic rings. The molecule has 27 heavy (non-hydrogen) atoms. The minimum absolute atomic E-state index is 0.125. The van der Waals surface area contributed by atoms with E-state index in [1.54, 1.807) is 6.20 Å². The monoisotopic (exact) mass is 353 g/mol. The summed E-state index contributed by atoms with van der Waals surface area (Å²) in [7, 11) is 0. The van der Waals surface area contributed by atoms with Crippen LogP contribution in [0.15, 0.2) is 91.6 Å². The Hall–Kier alpha value is -3.00. The zero-order chi connectivity index (χ0) is 18.7. The summed E-state index contributed by atoms with van der Waals surface area (Å²) < 4.78 is 0. The van der Waals surface area contributed by atoms with E-state index in [1.165, 1.54) is 5.56 Å². The van der Waals surface area contributed by atoms with Gasteiger partial charge in [-0.3, -0.25) is 9.78 Å². The van der Waals surface area contributed by atoms with Crippen LogP contribution >= 0.6 is 0 Å². The molecule has 2 nitrogen and oxygen atoms in total. The normalized spacial score (nSPS) is 19.9. The number of Topliss-reactive ketones (excluding diaryl/α,β-unsaturated/α-hetero) is 1. The third-order valence-electron chi connectivity index (χ3n) is 5.75. The van der Waals surface area contributed by atoms with Crippen molar-refractivity contribution in [1.82, 2.24) is 4.98 Å². The Kier molecular flexibility index (Phi) is 4.72. The second-order valence-corrected chi connectivity index (χ2v) is 7.27. The molecule has 0 unspecified atom stereocenters. The molecule has 0 aliphatic heterocycles. The maximum atomic E-state index is 13.8. The van der Waals surface area contributed by atoms with Crippen molar-refractivity contribution in [2.45, 2.75) is 25.2 Å². The van der Waals surface area contributed by atoms with E-state index in [1.807, 2.05) is 60.7 Å². The predicted octanol–water partition coefficient (Wildman–Crippen LogP) is 5.41. The first-order valence-corrected chi connectivity index (χ1v) is 9.45. The van der Waals surface area contributed by atoms with Crippen LogP contribution in [0, 0.1) is 5.41 Å². The second-order valence-electron chi connectivity index (χ2n) is 7.27. The van der Waals surface area contributed by atoms with E-state index in [4.69, 9.17) is 0 Å². The van der Waals surface area contributed by atoms with Crippen molar-refractivity contribution in [1.29, 1.82) is 0 Å². The first-order valence-electron chi connectivity index (χ1n) is 9.45. The summed E-state index contributed by atoms with van der Waals surface area (Å²) in [5.41, 5.74) is 3.52. The third-order valence-corrected chi connectivity index (χ3v) is 5.75. The number of fused-ring (bicyclic) bond motifs is 1. The Labute approximate surface area is 160 Å². The van der Waals surface area contributed by atoms with E-state index < -0.39 is 5.41 Å². The molecule has 1 aliphatic carbocycles. The maximum Gasteiger partial charge on any atom is 0.170 e. The Bertz CT molecular complexity index is 948. The van der Waals surface area contributed by atoms with Gasteiger partial charge in [0.15, 0.2) is 5.78 Å². The minimum Gasteiger partial charge on any atom is -0.293 e. The molecule has 0 saturated heterocycles. The zero-order valence-corrected chi connectivity index (χ0v) is 15.3. The number of rotatable bonds is 5. The van der Waals surface area contributed by atoms with Crippen LogP contribution in [0.2, 0.25) is 0 Å². The number of aryl methyl sites for hydroxylation is 1. The number of aromatic nitrogens is 1. The molecular formula is C25H23NO. The Morgan fingerprint density at radius 3 is 2.48 bits per heavy atom. The second kappa shape index (κ2) is 7.32. The van der Waals surface area contributed by atoms with E-state index in [-0.39, 0.29) is 11.7 Å². The lowest BCUT2D eigenvalue weighted by atomic mass is 9.60. The smallest absolute Gasteiger partial charge is 0.170 e. The third kappa shape index (κ3) is 3.12. The average Bonchev–Trinajstić information content (AvgIpc) is 2.73. The number of allylic oxidation sites excluding steroid dienone is 1. The van der Waals surface area contributed by atoms with Crippen LogP contribution in [0.4, 0.5) is 0 Å². The molecule has 0 amide bonds. The molecule has 0 fully saturated rings. The van der Waals surface area contributed by atoms with Gasteiger partial charge in [0.25, 0.3) is 0 Å². The summed E-state index contributed by atoms with van der Waals surface area (Å²) >= 11 is 0. The molecule has 2 heteroatoms. The first-order chi connectivity index (χ1) is 13.2. The molecule has 1 aromatic heterocycles. The highest BCUT2D eigenvalue weighted by molar-refractivity contribution is 6.03. The van der Waals surface area contributed by atoms with E-state index in [0.717, 1.165) is 29.7 Å². The molecule has 1 aliphatic rings. The summed E-state index contributed by atoms with van der Waals surface area (Å²) in [6.07, 6.45) is 6.09. The fraction of sp³-hybridized carbons (Fsp3) is 0.200. The van der Waals surface area contributed by atoms with Crippen molar-refractivity contribution in [3.8, 4) is 0 Å². The van der Waals surface area contributed by atoms with Crippen LogP contribution in [0.3, 0.4) is 0 Å². The number of pyridine rings is 1. The largest absolute Gasteiger partial charge is 0.293 e. The molecule has 2 atom stereocenters. The van der Waals surface area contributed by atoms with Gasteiger partial charge in [0, 0.05) is 28.8 Å². The van der Waals surface area contributed by atoms with Crippen molar-refractivity contribution < 1.29 is 4.79 Å². The highest BCUT2D eigenvalue weighted by Gasteiger charge is 2.48. The number of hydrogen-bond acceptors (Lipinski definition) is 2. The predicted molar refractivity (Wildman–Crippen MR) is 109 cm³/mol. The Morgan fingerprint density at radius 1 is 1.00 bits per heavy atom. The van der Waals surface area contributed by atoms with Gasteiger partial charge in [-0.15, -0.1) is 6.58 Å². The molecule has 4 rings (SSSR count). The molecule has 0 N–H and O–H groups in total. The van der Waals surface area contributed by atoms with Gasteiger partial charge in [-0.25, -0.2) is 0 Å². The van der Waals surface area contributed by atoms with Crippen LogP contribution in [-0.2, 0) is 12.8 Å². The number of ketones is 1. The van der Waals surface area contributed by atoms with Crippen LogP contribution in [-0.4, -0.2) is 10.8 Å². The lowest BCUT2D eigenvalue weighted by molar-refractivity contribution is 0.0722. The van der Waals surface area contributed by atoms with Crippen molar-refractivity contribution in [2.24, 2.45) is 5.41 Å². The van der Waals surface area contributed by atoms with Gasteiger partial charge in [-0.2, -0.15) is 0 Å². The summed E-state index contributed by atoms with van der Waals surface area (Å²) in [6, 6.07) is 24.2. The van der Waals surface area contributed by atoms with E-state index in [2.05, 4.69) is 29.8 Å². The first kappa shape index (κ1) is 17.4. The van der Waals surface area contributed by atoms with Crippen LogP contribution in [0.5, 0.6) is 0 Å². The molecule has 1 heterocycles. The fourth-order valence-electron chi connectivity index (χ4n) is 4.42.